The molecule has 0 aromatic carbocycles. The van der Waals surface area contributed by atoms with Gasteiger partial charge in [0.2, 0.25) is 6.41 Å². The van der Waals surface area contributed by atoms with Crippen molar-refractivity contribution in [3.63, 3.8) is 0 Å². The van der Waals surface area contributed by atoms with E-state index in [0.717, 1.165) is 17.7 Å². The zero-order valence-corrected chi connectivity index (χ0v) is 14.6. The molecule has 1 amide bonds. The largest absolute Gasteiger partial charge is 0.379 e. The third-order valence-electron chi connectivity index (χ3n) is 2.20. The van der Waals surface area contributed by atoms with Gasteiger partial charge in [0, 0.05) is 14.2 Å². The van der Waals surface area contributed by atoms with Gasteiger partial charge in [0.1, 0.15) is 5.15 Å². The zero-order chi connectivity index (χ0) is 16.3. The van der Waals surface area contributed by atoms with Crippen molar-refractivity contribution in [2.75, 3.05) is 19.1 Å². The number of rotatable bonds is 2. The fourth-order valence-electron chi connectivity index (χ4n) is 0.941. The van der Waals surface area contributed by atoms with Gasteiger partial charge in [0.15, 0.2) is 0 Å². The van der Waals surface area contributed by atoms with Gasteiger partial charge in [0.05, 0.1) is 17.5 Å². The van der Waals surface area contributed by atoms with Crippen LogP contribution in [0.2, 0.25) is 5.15 Å². The maximum Gasteiger partial charge on any atom is 0.213 e. The van der Waals surface area contributed by atoms with Crippen molar-refractivity contribution in [1.82, 2.24) is 4.98 Å². The van der Waals surface area contributed by atoms with Crippen molar-refractivity contribution in [3.8, 4) is 0 Å². The summed E-state index contributed by atoms with van der Waals surface area (Å²) in [6.07, 6.45) is 2.31. The number of nitrogens with zero attached hydrogens (tertiary/aromatic N) is 2. The Morgan fingerprint density at radius 2 is 1.80 bits per heavy atom. The van der Waals surface area contributed by atoms with Gasteiger partial charge in [-0.15, -0.1) is 0 Å². The summed E-state index contributed by atoms with van der Waals surface area (Å²) in [7, 11) is 3.38. The average molecular weight is 303 g/mol. The van der Waals surface area contributed by atoms with Crippen molar-refractivity contribution in [2.45, 2.75) is 47.1 Å². The molecule has 0 saturated carbocycles. The number of pyridine rings is 1. The van der Waals surface area contributed by atoms with Gasteiger partial charge >= 0.3 is 0 Å². The highest BCUT2D eigenvalue weighted by Crippen LogP contribution is 2.18. The molecule has 0 atom stereocenters. The molecule has 0 bridgehead atoms. The Morgan fingerprint density at radius 3 is 2.10 bits per heavy atom. The van der Waals surface area contributed by atoms with E-state index >= 15 is 0 Å². The summed E-state index contributed by atoms with van der Waals surface area (Å²) in [6.45, 7) is 11.9. The second-order valence-corrected chi connectivity index (χ2v) is 5.21. The second-order valence-electron chi connectivity index (χ2n) is 4.83. The highest BCUT2D eigenvalue weighted by molar-refractivity contribution is 6.29. The van der Waals surface area contributed by atoms with Crippen LogP contribution in [0, 0.1) is 6.92 Å². The van der Waals surface area contributed by atoms with Crippen molar-refractivity contribution >= 4 is 23.7 Å². The minimum atomic E-state index is 0.0417. The van der Waals surface area contributed by atoms with Crippen LogP contribution < -0.4 is 4.90 Å². The lowest BCUT2D eigenvalue weighted by Gasteiger charge is -2.14. The third-order valence-corrected chi connectivity index (χ3v) is 2.41. The van der Waals surface area contributed by atoms with Crippen molar-refractivity contribution < 1.29 is 9.53 Å². The standard InChI is InChI=1S/C8H9ClN2O.C5H12O.C2H6/c1-6-3-8(9)10-4-7(6)11(2)5-12;1-5(2,3)6-4;1-2/h3-5H,1-2H3;1-4H3;1-2H3. The topological polar surface area (TPSA) is 42.4 Å². The quantitative estimate of drug-likeness (QED) is 0.610. The Balaban J connectivity index is 0. The molecule has 0 radical (unpaired) electrons. The predicted molar refractivity (Wildman–Crippen MR) is 86.6 cm³/mol. The Morgan fingerprint density at radius 1 is 1.35 bits per heavy atom. The van der Waals surface area contributed by atoms with Crippen LogP contribution in [0.3, 0.4) is 0 Å². The number of methoxy groups -OCH3 is 1. The van der Waals surface area contributed by atoms with Crippen molar-refractivity contribution in [1.29, 1.82) is 0 Å². The van der Waals surface area contributed by atoms with E-state index in [1.165, 1.54) is 4.90 Å². The van der Waals surface area contributed by atoms with E-state index in [0.29, 0.717) is 5.15 Å². The smallest absolute Gasteiger partial charge is 0.213 e. The minimum absolute atomic E-state index is 0.0417. The molecular weight excluding hydrogens is 276 g/mol. The number of aromatic nitrogens is 1. The Kier molecular flexibility index (Phi) is 11.3. The fraction of sp³-hybridized carbons (Fsp3) is 0.600. The molecule has 1 aromatic rings. The molecule has 0 aliphatic heterocycles. The molecular formula is C15H27ClN2O2. The van der Waals surface area contributed by atoms with E-state index in [4.69, 9.17) is 16.3 Å². The summed E-state index contributed by atoms with van der Waals surface area (Å²) in [5.74, 6) is 0. The summed E-state index contributed by atoms with van der Waals surface area (Å²) in [5.41, 5.74) is 1.75. The number of amides is 1. The number of hydrogen-bond acceptors (Lipinski definition) is 3. The molecule has 1 rings (SSSR count). The van der Waals surface area contributed by atoms with Crippen LogP contribution in [0.5, 0.6) is 0 Å². The molecule has 0 aliphatic rings. The monoisotopic (exact) mass is 302 g/mol. The minimum Gasteiger partial charge on any atom is -0.379 e. The lowest BCUT2D eigenvalue weighted by atomic mass is 10.2. The molecule has 0 saturated heterocycles. The first kappa shape index (κ1) is 21.2. The van der Waals surface area contributed by atoms with E-state index in [9.17, 15) is 4.79 Å². The van der Waals surface area contributed by atoms with Crippen LogP contribution in [0.4, 0.5) is 5.69 Å². The zero-order valence-electron chi connectivity index (χ0n) is 13.8. The first-order chi connectivity index (χ1) is 9.21. The van der Waals surface area contributed by atoms with Crippen LogP contribution in [-0.2, 0) is 9.53 Å². The third kappa shape index (κ3) is 9.75. The van der Waals surface area contributed by atoms with Crippen LogP contribution in [0.25, 0.3) is 0 Å². The van der Waals surface area contributed by atoms with Crippen molar-refractivity contribution in [2.24, 2.45) is 0 Å². The second kappa shape index (κ2) is 10.6. The fourth-order valence-corrected chi connectivity index (χ4v) is 1.15. The number of aryl methyl sites for hydroxylation is 1. The molecule has 4 nitrogen and oxygen atoms in total. The SMILES string of the molecule is CC.COC(C)(C)C.Cc1cc(Cl)ncc1N(C)C=O. The maximum atomic E-state index is 10.4. The molecule has 20 heavy (non-hydrogen) atoms. The van der Waals surface area contributed by atoms with E-state index in [2.05, 4.69) is 4.98 Å². The van der Waals surface area contributed by atoms with Crippen molar-refractivity contribution in [3.05, 3.63) is 23.0 Å². The Labute approximate surface area is 128 Å². The number of carbonyl (C=O) groups is 1. The van der Waals surface area contributed by atoms with Gasteiger partial charge in [-0.05, 0) is 39.3 Å². The van der Waals surface area contributed by atoms with Crippen LogP contribution in [-0.4, -0.2) is 31.2 Å². The summed E-state index contributed by atoms with van der Waals surface area (Å²) < 4.78 is 4.94. The highest BCUT2D eigenvalue weighted by Gasteiger charge is 2.04. The summed E-state index contributed by atoms with van der Waals surface area (Å²) in [4.78, 5) is 15.7. The average Bonchev–Trinajstić information content (AvgIpc) is 2.40. The molecule has 0 fully saturated rings. The number of carbonyl (C=O) groups excluding carboxylic acids is 1. The first-order valence-corrected chi connectivity index (χ1v) is 6.94. The van der Waals surface area contributed by atoms with Gasteiger partial charge in [0.25, 0.3) is 0 Å². The normalized spacial score (nSPS) is 9.65. The lowest BCUT2D eigenvalue weighted by molar-refractivity contribution is -0.107. The first-order valence-electron chi connectivity index (χ1n) is 6.56. The Hall–Kier alpha value is -1.13. The van der Waals surface area contributed by atoms with Gasteiger partial charge in [-0.3, -0.25) is 4.79 Å². The number of ether oxygens (including phenoxy) is 1. The number of anilines is 1. The molecule has 0 aliphatic carbocycles. The van der Waals surface area contributed by atoms with Crippen LogP contribution in [0.15, 0.2) is 12.3 Å². The molecule has 5 heteroatoms. The number of hydrogen-bond donors (Lipinski definition) is 0. The number of halogens is 1. The molecule has 1 aromatic heterocycles. The van der Waals surface area contributed by atoms with Gasteiger partial charge in [-0.25, -0.2) is 4.98 Å². The van der Waals surface area contributed by atoms with E-state index < -0.39 is 0 Å². The summed E-state index contributed by atoms with van der Waals surface area (Å²) >= 11 is 5.65. The van der Waals surface area contributed by atoms with Crippen LogP contribution in [0.1, 0.15) is 40.2 Å². The van der Waals surface area contributed by atoms with E-state index in [1.54, 1.807) is 26.4 Å². The molecule has 0 spiro atoms. The molecule has 0 unspecified atom stereocenters. The van der Waals surface area contributed by atoms with Crippen LogP contribution >= 0.6 is 11.6 Å². The van der Waals surface area contributed by atoms with E-state index in [1.807, 2.05) is 41.5 Å². The van der Waals surface area contributed by atoms with Gasteiger partial charge < -0.3 is 9.64 Å². The molecule has 1 heterocycles. The molecule has 0 N–H and O–H groups in total. The highest BCUT2D eigenvalue weighted by atomic mass is 35.5. The maximum absolute atomic E-state index is 10.4. The van der Waals surface area contributed by atoms with Gasteiger partial charge in [-0.1, -0.05) is 25.4 Å². The summed E-state index contributed by atoms with van der Waals surface area (Å²) in [6, 6.07) is 1.72. The summed E-state index contributed by atoms with van der Waals surface area (Å²) in [5, 5.41) is 0.440. The molecule has 116 valence electrons. The van der Waals surface area contributed by atoms with Gasteiger partial charge in [-0.2, -0.15) is 0 Å². The lowest BCUT2D eigenvalue weighted by Crippen LogP contribution is -2.15. The Bertz CT molecular complexity index is 390. The predicted octanol–water partition coefficient (Wildman–Crippen LogP) is 4.09. The van der Waals surface area contributed by atoms with E-state index in [-0.39, 0.29) is 5.60 Å².